The molecule has 1 N–H and O–H groups in total. The Kier molecular flexibility index (Phi) is 8.46. The maximum Gasteiger partial charge on any atom is 0.252 e. The third kappa shape index (κ3) is 6.18. The number of aromatic amines is 1. The van der Waals surface area contributed by atoms with Gasteiger partial charge in [-0.25, -0.2) is 4.68 Å². The van der Waals surface area contributed by atoms with E-state index in [0.29, 0.717) is 31.8 Å². The summed E-state index contributed by atoms with van der Waals surface area (Å²) in [6, 6.07) is 19.3. The van der Waals surface area contributed by atoms with Crippen molar-refractivity contribution >= 4 is 10.9 Å². The number of nitrogens with one attached hydrogen (secondary N) is 1. The van der Waals surface area contributed by atoms with E-state index in [1.54, 1.807) is 13.3 Å². The van der Waals surface area contributed by atoms with Gasteiger partial charge in [-0.3, -0.25) is 14.7 Å². The highest BCUT2D eigenvalue weighted by Crippen LogP contribution is 2.27. The normalized spacial score (nSPS) is 12.1. The van der Waals surface area contributed by atoms with Gasteiger partial charge < -0.3 is 14.5 Å². The van der Waals surface area contributed by atoms with Crippen LogP contribution >= 0.6 is 0 Å². The monoisotopic (exact) mass is 539 g/mol. The molecule has 40 heavy (non-hydrogen) atoms. The highest BCUT2D eigenvalue weighted by molar-refractivity contribution is 5.80. The molecule has 3 aromatic heterocycles. The van der Waals surface area contributed by atoms with Gasteiger partial charge in [0.25, 0.3) is 5.56 Å². The second kappa shape index (κ2) is 12.5. The van der Waals surface area contributed by atoms with Crippen molar-refractivity contribution in [1.82, 2.24) is 35.1 Å². The number of hydrogen-bond donors (Lipinski definition) is 1. The van der Waals surface area contributed by atoms with Crippen molar-refractivity contribution in [3.05, 3.63) is 106 Å². The molecule has 0 fully saturated rings. The first-order valence-corrected chi connectivity index (χ1v) is 13.4. The molecule has 0 saturated carbocycles. The van der Waals surface area contributed by atoms with E-state index in [2.05, 4.69) is 37.3 Å². The predicted molar refractivity (Wildman–Crippen MR) is 152 cm³/mol. The minimum Gasteiger partial charge on any atom is -0.497 e. The summed E-state index contributed by atoms with van der Waals surface area (Å²) >= 11 is 0. The van der Waals surface area contributed by atoms with Crippen LogP contribution in [0.1, 0.15) is 48.8 Å². The predicted octanol–water partition coefficient (Wildman–Crippen LogP) is 4.52. The Balaban J connectivity index is 1.49. The zero-order valence-electron chi connectivity index (χ0n) is 22.9. The Morgan fingerprint density at radius 3 is 2.55 bits per heavy atom. The van der Waals surface area contributed by atoms with E-state index in [9.17, 15) is 4.79 Å². The molecule has 0 radical (unpaired) electrons. The number of nitrogens with zero attached hydrogens (tertiary/aromatic N) is 6. The van der Waals surface area contributed by atoms with Gasteiger partial charge >= 0.3 is 0 Å². The molecule has 5 aromatic rings. The molecule has 10 heteroatoms. The molecule has 0 aliphatic carbocycles. The molecule has 3 heterocycles. The molecular weight excluding hydrogens is 506 g/mol. The van der Waals surface area contributed by atoms with E-state index in [4.69, 9.17) is 9.47 Å². The molecule has 0 amide bonds. The zero-order valence-corrected chi connectivity index (χ0v) is 22.9. The molecule has 0 spiro atoms. The van der Waals surface area contributed by atoms with Gasteiger partial charge in [-0.05, 0) is 77.4 Å². The minimum absolute atomic E-state index is 0.125. The highest BCUT2D eigenvalue weighted by atomic mass is 16.5. The largest absolute Gasteiger partial charge is 0.497 e. The van der Waals surface area contributed by atoms with Gasteiger partial charge in [0.2, 0.25) is 0 Å². The van der Waals surface area contributed by atoms with E-state index in [0.717, 1.165) is 45.8 Å². The Labute approximate surface area is 232 Å². The van der Waals surface area contributed by atoms with Gasteiger partial charge in [-0.15, -0.1) is 5.10 Å². The number of hydrogen-bond acceptors (Lipinski definition) is 8. The summed E-state index contributed by atoms with van der Waals surface area (Å²) in [5, 5.41) is 13.7. The van der Waals surface area contributed by atoms with Crippen LogP contribution in [0.3, 0.4) is 0 Å². The summed E-state index contributed by atoms with van der Waals surface area (Å²) in [6.45, 7) is 6.10. The van der Waals surface area contributed by atoms with Gasteiger partial charge in [-0.1, -0.05) is 25.1 Å². The van der Waals surface area contributed by atoms with Crippen LogP contribution in [-0.4, -0.2) is 48.8 Å². The number of H-pyrrole nitrogens is 1. The van der Waals surface area contributed by atoms with Crippen LogP contribution in [0.5, 0.6) is 11.5 Å². The van der Waals surface area contributed by atoms with Crippen molar-refractivity contribution in [2.24, 2.45) is 0 Å². The van der Waals surface area contributed by atoms with Crippen LogP contribution in [0.4, 0.5) is 0 Å². The summed E-state index contributed by atoms with van der Waals surface area (Å²) in [5.74, 6) is 2.30. The zero-order chi connectivity index (χ0) is 27.9. The second-order valence-corrected chi connectivity index (χ2v) is 9.54. The van der Waals surface area contributed by atoms with Gasteiger partial charge in [0.1, 0.15) is 11.5 Å². The quantitative estimate of drug-likeness (QED) is 0.246. The topological polar surface area (TPSA) is 111 Å². The lowest BCUT2D eigenvalue weighted by molar-refractivity contribution is 0.161. The van der Waals surface area contributed by atoms with Gasteiger partial charge in [-0.2, -0.15) is 0 Å². The summed E-state index contributed by atoms with van der Waals surface area (Å²) in [6.07, 6.45) is 4.34. The van der Waals surface area contributed by atoms with Crippen molar-refractivity contribution < 1.29 is 9.47 Å². The van der Waals surface area contributed by atoms with Crippen molar-refractivity contribution in [3.63, 3.8) is 0 Å². The highest BCUT2D eigenvalue weighted by Gasteiger charge is 2.26. The van der Waals surface area contributed by atoms with Gasteiger partial charge in [0.05, 0.1) is 26.3 Å². The molecule has 0 aliphatic heterocycles. The average Bonchev–Trinajstić information content (AvgIpc) is 3.42. The molecule has 2 aromatic carbocycles. The van der Waals surface area contributed by atoms with E-state index in [1.165, 1.54) is 0 Å². The van der Waals surface area contributed by atoms with Crippen LogP contribution in [0.15, 0.2) is 77.9 Å². The van der Waals surface area contributed by atoms with Crippen LogP contribution < -0.4 is 15.0 Å². The van der Waals surface area contributed by atoms with Crippen molar-refractivity contribution in [2.75, 3.05) is 13.7 Å². The van der Waals surface area contributed by atoms with Gasteiger partial charge in [0, 0.05) is 41.9 Å². The van der Waals surface area contributed by atoms with E-state index in [-0.39, 0.29) is 11.6 Å². The number of benzene rings is 2. The summed E-state index contributed by atoms with van der Waals surface area (Å²) < 4.78 is 12.8. The van der Waals surface area contributed by atoms with Crippen molar-refractivity contribution in [3.8, 4) is 11.5 Å². The number of pyridine rings is 2. The molecule has 206 valence electrons. The van der Waals surface area contributed by atoms with Gasteiger partial charge in [0.15, 0.2) is 5.82 Å². The number of ether oxygens (including phenoxy) is 2. The molecule has 0 saturated heterocycles. The fraction of sp³-hybridized carbons (Fsp3) is 0.300. The lowest BCUT2D eigenvalue weighted by atomic mass is 10.1. The number of aromatic nitrogens is 6. The number of tetrazole rings is 1. The summed E-state index contributed by atoms with van der Waals surface area (Å²) in [7, 11) is 1.65. The SMILES string of the molecule is CCOc1ccc2[nH]c(=O)c(CN(Cc3cccnc3)[C@H](CC)c3nnnn3Cc3ccc(OC)cc3)cc2c1. The fourth-order valence-corrected chi connectivity index (χ4v) is 4.90. The van der Waals surface area contributed by atoms with E-state index >= 15 is 0 Å². The molecule has 1 atom stereocenters. The first kappa shape index (κ1) is 27.0. The smallest absolute Gasteiger partial charge is 0.252 e. The third-order valence-electron chi connectivity index (χ3n) is 6.86. The van der Waals surface area contributed by atoms with Crippen LogP contribution in [0, 0.1) is 0 Å². The maximum atomic E-state index is 13.2. The van der Waals surface area contributed by atoms with Crippen molar-refractivity contribution in [1.29, 1.82) is 0 Å². The lowest BCUT2D eigenvalue weighted by Crippen LogP contribution is -2.32. The Hall–Kier alpha value is -4.57. The lowest BCUT2D eigenvalue weighted by Gasteiger charge is -2.30. The fourth-order valence-electron chi connectivity index (χ4n) is 4.90. The minimum atomic E-state index is -0.154. The number of methoxy groups -OCH3 is 1. The molecular formula is C30H33N7O3. The summed E-state index contributed by atoms with van der Waals surface area (Å²) in [4.78, 5) is 22.8. The third-order valence-corrected chi connectivity index (χ3v) is 6.86. The Morgan fingerprint density at radius 1 is 1.00 bits per heavy atom. The van der Waals surface area contributed by atoms with Crippen molar-refractivity contribution in [2.45, 2.75) is 45.9 Å². The van der Waals surface area contributed by atoms with E-state index < -0.39 is 0 Å². The Morgan fingerprint density at radius 2 is 1.82 bits per heavy atom. The van der Waals surface area contributed by atoms with Crippen LogP contribution in [0.25, 0.3) is 10.9 Å². The molecule has 0 bridgehead atoms. The number of fused-ring (bicyclic) bond motifs is 1. The molecule has 10 nitrogen and oxygen atoms in total. The standard InChI is InChI=1S/C30H33N7O3/c1-4-28(29-33-34-35-37(29)19-21-8-10-25(39-3)11-9-21)36(18-22-7-6-14-31-17-22)20-24-15-23-16-26(40-5-2)12-13-27(23)32-30(24)38/h6-17,28H,4-5,18-20H2,1-3H3,(H,32,38)/t28-/m1/s1. The second-order valence-electron chi connectivity index (χ2n) is 9.54. The molecule has 0 unspecified atom stereocenters. The first-order chi connectivity index (χ1) is 19.6. The van der Waals surface area contributed by atoms with E-state index in [1.807, 2.05) is 78.5 Å². The molecule has 5 rings (SSSR count). The maximum absolute atomic E-state index is 13.2. The van der Waals surface area contributed by atoms with Crippen LogP contribution in [-0.2, 0) is 19.6 Å². The average molecular weight is 540 g/mol. The Bertz CT molecular complexity index is 1600. The summed E-state index contributed by atoms with van der Waals surface area (Å²) in [5.41, 5.74) is 3.38. The van der Waals surface area contributed by atoms with Crippen LogP contribution in [0.2, 0.25) is 0 Å². The molecule has 0 aliphatic rings. The number of rotatable bonds is 12. The first-order valence-electron chi connectivity index (χ1n) is 13.4.